The van der Waals surface area contributed by atoms with E-state index in [2.05, 4.69) is 10.6 Å². The van der Waals surface area contributed by atoms with Gasteiger partial charge in [-0.3, -0.25) is 0 Å². The molecule has 2 aromatic rings. The van der Waals surface area contributed by atoms with Crippen LogP contribution >= 0.6 is 0 Å². The Bertz CT molecular complexity index is 612. The molecule has 0 bridgehead atoms. The van der Waals surface area contributed by atoms with Gasteiger partial charge in [-0.1, -0.05) is 12.1 Å². The molecule has 20 heavy (non-hydrogen) atoms. The number of carbonyl (C=O) groups is 1. The van der Waals surface area contributed by atoms with Crippen LogP contribution in [0.5, 0.6) is 5.75 Å². The second-order valence-electron chi connectivity index (χ2n) is 4.57. The quantitative estimate of drug-likeness (QED) is 0.803. The third kappa shape index (κ3) is 3.65. The highest BCUT2D eigenvalue weighted by Crippen LogP contribution is 2.18. The number of hydrogen-bond acceptors (Lipinski definition) is 3. The van der Waals surface area contributed by atoms with Crippen molar-refractivity contribution in [3.05, 3.63) is 48.5 Å². The summed E-state index contributed by atoms with van der Waals surface area (Å²) in [5.74, 6) is 0.109. The molecule has 0 aliphatic heterocycles. The van der Waals surface area contributed by atoms with E-state index in [4.69, 9.17) is 0 Å². The number of phenols is 1. The Balaban J connectivity index is 2.03. The van der Waals surface area contributed by atoms with E-state index in [1.807, 2.05) is 43.3 Å². The fourth-order valence-electron chi connectivity index (χ4n) is 1.74. The van der Waals surface area contributed by atoms with Crippen LogP contribution in [-0.4, -0.2) is 25.2 Å². The second kappa shape index (κ2) is 5.97. The van der Waals surface area contributed by atoms with E-state index in [0.29, 0.717) is 11.4 Å². The number of aromatic hydroxyl groups is 1. The predicted octanol–water partition coefficient (Wildman–Crippen LogP) is 3.10. The minimum Gasteiger partial charge on any atom is -0.508 e. The van der Waals surface area contributed by atoms with Gasteiger partial charge in [0.05, 0.1) is 0 Å². The average Bonchev–Trinajstić information content (AvgIpc) is 2.38. The highest BCUT2D eigenvalue weighted by atomic mass is 16.3. The van der Waals surface area contributed by atoms with Crippen molar-refractivity contribution in [1.29, 1.82) is 0 Å². The number of carbonyl (C=O) groups excluding carboxylic acids is 1. The van der Waals surface area contributed by atoms with Crippen LogP contribution in [0.4, 0.5) is 21.9 Å². The second-order valence-corrected chi connectivity index (χ2v) is 4.57. The van der Waals surface area contributed by atoms with E-state index in [0.717, 1.165) is 5.69 Å². The lowest BCUT2D eigenvalue weighted by atomic mass is 10.2. The molecule has 0 heterocycles. The smallest absolute Gasteiger partial charge is 0.323 e. The van der Waals surface area contributed by atoms with E-state index in [-0.39, 0.29) is 11.8 Å². The third-order valence-corrected chi connectivity index (χ3v) is 2.72. The summed E-state index contributed by atoms with van der Waals surface area (Å²) < 4.78 is 0. The maximum atomic E-state index is 11.9. The lowest BCUT2D eigenvalue weighted by Crippen LogP contribution is -2.19. The van der Waals surface area contributed by atoms with Crippen molar-refractivity contribution in [3.63, 3.8) is 0 Å². The molecule has 0 saturated heterocycles. The van der Waals surface area contributed by atoms with Gasteiger partial charge in [0.1, 0.15) is 5.75 Å². The Morgan fingerprint density at radius 1 is 1.00 bits per heavy atom. The van der Waals surface area contributed by atoms with Crippen molar-refractivity contribution in [2.75, 3.05) is 29.6 Å². The normalized spacial score (nSPS) is 9.90. The zero-order valence-corrected chi connectivity index (χ0v) is 11.4. The summed E-state index contributed by atoms with van der Waals surface area (Å²) in [4.78, 5) is 13.8. The Kier molecular flexibility index (Phi) is 4.10. The first-order chi connectivity index (χ1) is 9.54. The Morgan fingerprint density at radius 2 is 1.60 bits per heavy atom. The summed E-state index contributed by atoms with van der Waals surface area (Å²) in [5.41, 5.74) is 2.24. The van der Waals surface area contributed by atoms with Gasteiger partial charge in [-0.05, 0) is 30.3 Å². The summed E-state index contributed by atoms with van der Waals surface area (Å²) in [6.07, 6.45) is 0. The molecular weight excluding hydrogens is 254 g/mol. The highest BCUT2D eigenvalue weighted by Gasteiger charge is 2.04. The summed E-state index contributed by atoms with van der Waals surface area (Å²) >= 11 is 0. The van der Waals surface area contributed by atoms with E-state index < -0.39 is 0 Å². The van der Waals surface area contributed by atoms with Crippen molar-refractivity contribution in [3.8, 4) is 5.75 Å². The summed E-state index contributed by atoms with van der Waals surface area (Å²) in [6.45, 7) is 0. The van der Waals surface area contributed by atoms with Gasteiger partial charge in [0.25, 0.3) is 0 Å². The van der Waals surface area contributed by atoms with Gasteiger partial charge in [-0.2, -0.15) is 0 Å². The summed E-state index contributed by atoms with van der Waals surface area (Å²) in [7, 11) is 3.87. The monoisotopic (exact) mass is 271 g/mol. The van der Waals surface area contributed by atoms with Crippen molar-refractivity contribution in [2.24, 2.45) is 0 Å². The van der Waals surface area contributed by atoms with Gasteiger partial charge >= 0.3 is 6.03 Å². The van der Waals surface area contributed by atoms with E-state index in [1.165, 1.54) is 6.07 Å². The van der Waals surface area contributed by atoms with E-state index in [9.17, 15) is 9.90 Å². The molecule has 5 heteroatoms. The zero-order chi connectivity index (χ0) is 14.5. The van der Waals surface area contributed by atoms with E-state index >= 15 is 0 Å². The van der Waals surface area contributed by atoms with Gasteiger partial charge < -0.3 is 20.6 Å². The predicted molar refractivity (Wildman–Crippen MR) is 81.5 cm³/mol. The van der Waals surface area contributed by atoms with Crippen molar-refractivity contribution in [2.45, 2.75) is 0 Å². The average molecular weight is 271 g/mol. The third-order valence-electron chi connectivity index (χ3n) is 2.72. The number of hydrogen-bond donors (Lipinski definition) is 3. The fraction of sp³-hybridized carbons (Fsp3) is 0.133. The van der Waals surface area contributed by atoms with Crippen LogP contribution in [0.15, 0.2) is 48.5 Å². The summed E-state index contributed by atoms with van der Waals surface area (Å²) in [5, 5.41) is 14.7. The Hall–Kier alpha value is -2.69. The van der Waals surface area contributed by atoms with Crippen molar-refractivity contribution >= 4 is 23.1 Å². The number of benzene rings is 2. The molecule has 0 atom stereocenters. The Labute approximate surface area is 117 Å². The molecule has 0 spiro atoms. The van der Waals surface area contributed by atoms with Crippen LogP contribution in [0.2, 0.25) is 0 Å². The largest absolute Gasteiger partial charge is 0.508 e. The molecule has 0 aliphatic carbocycles. The van der Waals surface area contributed by atoms with Crippen LogP contribution in [0, 0.1) is 0 Å². The van der Waals surface area contributed by atoms with E-state index in [1.54, 1.807) is 18.2 Å². The number of urea groups is 1. The van der Waals surface area contributed by atoms with Crippen LogP contribution < -0.4 is 15.5 Å². The van der Waals surface area contributed by atoms with Gasteiger partial charge in [0.2, 0.25) is 0 Å². The number of phenolic OH excluding ortho intramolecular Hbond substituents is 1. The lowest BCUT2D eigenvalue weighted by Gasteiger charge is -2.14. The molecule has 0 aromatic heterocycles. The molecule has 2 aromatic carbocycles. The number of amides is 2. The minimum absolute atomic E-state index is 0.109. The fourth-order valence-corrected chi connectivity index (χ4v) is 1.74. The molecule has 0 radical (unpaired) electrons. The SMILES string of the molecule is CN(C)c1cccc(NC(=O)Nc2cccc(O)c2)c1. The lowest BCUT2D eigenvalue weighted by molar-refractivity contribution is 0.262. The molecule has 0 aliphatic rings. The summed E-state index contributed by atoms with van der Waals surface area (Å²) in [6, 6.07) is 13.6. The molecule has 5 nitrogen and oxygen atoms in total. The number of rotatable bonds is 3. The highest BCUT2D eigenvalue weighted by molar-refractivity contribution is 6.00. The van der Waals surface area contributed by atoms with Crippen molar-refractivity contribution in [1.82, 2.24) is 0 Å². The van der Waals surface area contributed by atoms with Crippen LogP contribution in [-0.2, 0) is 0 Å². The van der Waals surface area contributed by atoms with Gasteiger partial charge in [0, 0.05) is 37.2 Å². The molecule has 0 unspecified atom stereocenters. The van der Waals surface area contributed by atoms with Gasteiger partial charge in [-0.25, -0.2) is 4.79 Å². The number of anilines is 3. The number of nitrogens with zero attached hydrogens (tertiary/aromatic N) is 1. The van der Waals surface area contributed by atoms with Crippen molar-refractivity contribution < 1.29 is 9.90 Å². The number of nitrogens with one attached hydrogen (secondary N) is 2. The van der Waals surface area contributed by atoms with Gasteiger partial charge in [0.15, 0.2) is 0 Å². The molecule has 104 valence electrons. The molecule has 0 saturated carbocycles. The van der Waals surface area contributed by atoms with Crippen LogP contribution in [0.1, 0.15) is 0 Å². The molecule has 2 amide bonds. The minimum atomic E-state index is -0.355. The first-order valence-corrected chi connectivity index (χ1v) is 6.19. The zero-order valence-electron chi connectivity index (χ0n) is 11.4. The first kappa shape index (κ1) is 13.7. The standard InChI is InChI=1S/C15H17N3O2/c1-18(2)13-7-3-5-11(9-13)16-15(20)17-12-6-4-8-14(19)10-12/h3-10,19H,1-2H3,(H2,16,17,20). The first-order valence-electron chi connectivity index (χ1n) is 6.19. The molecular formula is C15H17N3O2. The molecule has 2 rings (SSSR count). The maximum Gasteiger partial charge on any atom is 0.323 e. The van der Waals surface area contributed by atoms with Crippen LogP contribution in [0.3, 0.4) is 0 Å². The molecule has 0 fully saturated rings. The van der Waals surface area contributed by atoms with Crippen LogP contribution in [0.25, 0.3) is 0 Å². The topological polar surface area (TPSA) is 64.6 Å². The maximum absolute atomic E-state index is 11.9. The molecule has 3 N–H and O–H groups in total. The van der Waals surface area contributed by atoms with Gasteiger partial charge in [-0.15, -0.1) is 0 Å². The Morgan fingerprint density at radius 3 is 2.20 bits per heavy atom.